The Bertz CT molecular complexity index is 2920. The molecule has 0 fully saturated rings. The minimum Gasteiger partial charge on any atom is -0.310 e. The van der Waals surface area contributed by atoms with Crippen molar-refractivity contribution >= 4 is 27.8 Å². The van der Waals surface area contributed by atoms with Crippen molar-refractivity contribution in [1.82, 2.24) is 0 Å². The Kier molecular flexibility index (Phi) is 9.68. The standard InChI is InChI=1S/C58H41N/c1-4-16-42(17-5-1)44-30-35-50(36-31-44)59(51-37-32-45(33-38-51)43-18-6-2-7-19-43)52-39-34-47-40-49(29-28-48(47)41-52)54-23-11-13-25-56(54)58-27-15-14-26-57(58)55-24-12-10-22-53(55)46-20-8-3-9-21-46/h1-41H. The van der Waals surface area contributed by atoms with Gasteiger partial charge in [0.25, 0.3) is 0 Å². The molecule has 278 valence electrons. The summed E-state index contributed by atoms with van der Waals surface area (Å²) in [5.41, 5.74) is 17.9. The van der Waals surface area contributed by atoms with Gasteiger partial charge in [-0.25, -0.2) is 0 Å². The van der Waals surface area contributed by atoms with Crippen molar-refractivity contribution in [2.24, 2.45) is 0 Å². The summed E-state index contributed by atoms with van der Waals surface area (Å²) in [6.45, 7) is 0. The zero-order valence-corrected chi connectivity index (χ0v) is 32.6. The van der Waals surface area contributed by atoms with Crippen LogP contribution in [0.5, 0.6) is 0 Å². The van der Waals surface area contributed by atoms with Crippen LogP contribution < -0.4 is 4.90 Å². The van der Waals surface area contributed by atoms with Gasteiger partial charge in [0.05, 0.1) is 0 Å². The summed E-state index contributed by atoms with van der Waals surface area (Å²) in [5.74, 6) is 0. The van der Waals surface area contributed by atoms with Crippen molar-refractivity contribution in [2.75, 3.05) is 4.90 Å². The van der Waals surface area contributed by atoms with Crippen LogP contribution in [0.25, 0.3) is 77.5 Å². The van der Waals surface area contributed by atoms with Gasteiger partial charge in [0, 0.05) is 17.1 Å². The van der Waals surface area contributed by atoms with E-state index in [-0.39, 0.29) is 0 Å². The molecule has 0 aromatic heterocycles. The highest BCUT2D eigenvalue weighted by Crippen LogP contribution is 2.43. The van der Waals surface area contributed by atoms with E-state index in [2.05, 4.69) is 254 Å². The third-order valence-corrected chi connectivity index (χ3v) is 11.3. The first-order chi connectivity index (χ1) is 29.3. The molecule has 1 nitrogen and oxygen atoms in total. The Labute approximate surface area is 346 Å². The molecular weight excluding hydrogens is 711 g/mol. The maximum absolute atomic E-state index is 2.36. The van der Waals surface area contributed by atoms with Gasteiger partial charge in [-0.1, -0.05) is 206 Å². The highest BCUT2D eigenvalue weighted by atomic mass is 15.1. The Morgan fingerprint density at radius 2 is 0.492 bits per heavy atom. The Morgan fingerprint density at radius 3 is 0.966 bits per heavy atom. The Morgan fingerprint density at radius 1 is 0.186 bits per heavy atom. The number of hydrogen-bond donors (Lipinski definition) is 0. The number of hydrogen-bond acceptors (Lipinski definition) is 1. The summed E-state index contributed by atoms with van der Waals surface area (Å²) >= 11 is 0. The predicted octanol–water partition coefficient (Wildman–Crippen LogP) is 16.3. The summed E-state index contributed by atoms with van der Waals surface area (Å²) in [4.78, 5) is 2.36. The second-order valence-corrected chi connectivity index (χ2v) is 14.9. The molecule has 1 heteroatoms. The molecule has 0 atom stereocenters. The van der Waals surface area contributed by atoms with Crippen LogP contribution in [0, 0.1) is 0 Å². The minimum absolute atomic E-state index is 1.11. The van der Waals surface area contributed by atoms with Crippen LogP contribution in [-0.4, -0.2) is 0 Å². The third kappa shape index (κ3) is 7.23. The number of fused-ring (bicyclic) bond motifs is 1. The van der Waals surface area contributed by atoms with Gasteiger partial charge in [-0.15, -0.1) is 0 Å². The lowest BCUT2D eigenvalue weighted by Gasteiger charge is -2.26. The molecule has 0 saturated heterocycles. The highest BCUT2D eigenvalue weighted by molar-refractivity contribution is 5.98. The molecule has 10 rings (SSSR count). The molecule has 0 heterocycles. The van der Waals surface area contributed by atoms with E-state index < -0.39 is 0 Å². The summed E-state index contributed by atoms with van der Waals surface area (Å²) in [6, 6.07) is 89.7. The van der Waals surface area contributed by atoms with Gasteiger partial charge in [-0.3, -0.25) is 0 Å². The summed E-state index contributed by atoms with van der Waals surface area (Å²) in [6.07, 6.45) is 0. The molecule has 59 heavy (non-hydrogen) atoms. The molecule has 0 unspecified atom stereocenters. The van der Waals surface area contributed by atoms with Gasteiger partial charge in [-0.2, -0.15) is 0 Å². The molecule has 0 spiro atoms. The van der Waals surface area contributed by atoms with Crippen LogP contribution in [0.15, 0.2) is 249 Å². The predicted molar refractivity (Wildman–Crippen MR) is 251 cm³/mol. The van der Waals surface area contributed by atoms with Crippen LogP contribution in [-0.2, 0) is 0 Å². The topological polar surface area (TPSA) is 3.24 Å². The molecule has 0 amide bonds. The largest absolute Gasteiger partial charge is 0.310 e. The zero-order valence-electron chi connectivity index (χ0n) is 32.6. The van der Waals surface area contributed by atoms with Crippen LogP contribution >= 0.6 is 0 Å². The molecule has 10 aromatic rings. The van der Waals surface area contributed by atoms with Crippen LogP contribution in [0.4, 0.5) is 17.1 Å². The minimum atomic E-state index is 1.11. The first-order valence-corrected chi connectivity index (χ1v) is 20.3. The van der Waals surface area contributed by atoms with E-state index in [0.29, 0.717) is 0 Å². The van der Waals surface area contributed by atoms with Gasteiger partial charge in [-0.05, 0) is 120 Å². The third-order valence-electron chi connectivity index (χ3n) is 11.3. The first kappa shape index (κ1) is 35.7. The monoisotopic (exact) mass is 751 g/mol. The molecule has 0 saturated carbocycles. The molecule has 0 aliphatic rings. The van der Waals surface area contributed by atoms with Gasteiger partial charge in [0.15, 0.2) is 0 Å². The second kappa shape index (κ2) is 16.0. The van der Waals surface area contributed by atoms with Crippen molar-refractivity contribution in [3.05, 3.63) is 249 Å². The Balaban J connectivity index is 1.03. The molecule has 0 radical (unpaired) electrons. The van der Waals surface area contributed by atoms with Crippen LogP contribution in [0.2, 0.25) is 0 Å². The fraction of sp³-hybridized carbons (Fsp3) is 0. The second-order valence-electron chi connectivity index (χ2n) is 14.9. The number of benzene rings is 10. The molecule has 0 bridgehead atoms. The fourth-order valence-electron chi connectivity index (χ4n) is 8.36. The quantitative estimate of drug-likeness (QED) is 0.142. The van der Waals surface area contributed by atoms with Crippen LogP contribution in [0.1, 0.15) is 0 Å². The lowest BCUT2D eigenvalue weighted by molar-refractivity contribution is 1.29. The normalized spacial score (nSPS) is 11.1. The molecule has 10 aromatic carbocycles. The van der Waals surface area contributed by atoms with E-state index in [0.717, 1.165) is 17.1 Å². The van der Waals surface area contributed by atoms with Gasteiger partial charge < -0.3 is 4.90 Å². The summed E-state index contributed by atoms with van der Waals surface area (Å²) < 4.78 is 0. The smallest absolute Gasteiger partial charge is 0.0468 e. The van der Waals surface area contributed by atoms with Gasteiger partial charge in [0.1, 0.15) is 0 Å². The van der Waals surface area contributed by atoms with Crippen molar-refractivity contribution in [3.63, 3.8) is 0 Å². The molecular formula is C58H41N. The Hall–Kier alpha value is -7.74. The molecule has 0 aliphatic carbocycles. The average molecular weight is 752 g/mol. The van der Waals surface area contributed by atoms with Crippen molar-refractivity contribution in [3.8, 4) is 66.8 Å². The van der Waals surface area contributed by atoms with Gasteiger partial charge in [0.2, 0.25) is 0 Å². The number of rotatable bonds is 9. The summed E-state index contributed by atoms with van der Waals surface area (Å²) in [5, 5.41) is 2.38. The number of anilines is 3. The lowest BCUT2D eigenvalue weighted by Crippen LogP contribution is -2.09. The first-order valence-electron chi connectivity index (χ1n) is 20.3. The van der Waals surface area contributed by atoms with Crippen molar-refractivity contribution in [1.29, 1.82) is 0 Å². The van der Waals surface area contributed by atoms with E-state index in [4.69, 9.17) is 0 Å². The van der Waals surface area contributed by atoms with E-state index in [9.17, 15) is 0 Å². The number of nitrogens with zero attached hydrogens (tertiary/aromatic N) is 1. The molecule has 0 N–H and O–H groups in total. The van der Waals surface area contributed by atoms with E-state index in [1.54, 1.807) is 0 Å². The van der Waals surface area contributed by atoms with Crippen molar-refractivity contribution < 1.29 is 0 Å². The van der Waals surface area contributed by atoms with E-state index in [1.165, 1.54) is 77.5 Å². The SMILES string of the molecule is c1ccc(-c2ccc(N(c3ccc(-c4ccccc4)cc3)c3ccc4cc(-c5ccccc5-c5ccccc5-c5ccccc5-c5ccccc5)ccc4c3)cc2)cc1. The lowest BCUT2D eigenvalue weighted by atomic mass is 9.86. The molecule has 0 aliphatic heterocycles. The maximum Gasteiger partial charge on any atom is 0.0468 e. The highest BCUT2D eigenvalue weighted by Gasteiger charge is 2.17. The fourth-order valence-corrected chi connectivity index (χ4v) is 8.36. The van der Waals surface area contributed by atoms with Gasteiger partial charge >= 0.3 is 0 Å². The average Bonchev–Trinajstić information content (AvgIpc) is 3.33. The maximum atomic E-state index is 2.36. The van der Waals surface area contributed by atoms with E-state index >= 15 is 0 Å². The van der Waals surface area contributed by atoms with Crippen molar-refractivity contribution in [2.45, 2.75) is 0 Å². The summed E-state index contributed by atoms with van der Waals surface area (Å²) in [7, 11) is 0. The van der Waals surface area contributed by atoms with E-state index in [1.807, 2.05) is 0 Å². The van der Waals surface area contributed by atoms with Crippen LogP contribution in [0.3, 0.4) is 0 Å². The zero-order chi connectivity index (χ0) is 39.4.